The molecule has 0 unspecified atom stereocenters. The SMILES string of the molecule is OCC1(O)CCC(N(Cc2ccccc2)Cc2ccccc2)CC1. The Kier molecular flexibility index (Phi) is 5.67. The number of nitrogens with zero attached hydrogens (tertiary/aromatic N) is 1. The molecule has 128 valence electrons. The summed E-state index contributed by atoms with van der Waals surface area (Å²) in [7, 11) is 0. The van der Waals surface area contributed by atoms with Gasteiger partial charge in [-0.25, -0.2) is 0 Å². The molecule has 0 aromatic heterocycles. The molecule has 2 aromatic carbocycles. The quantitative estimate of drug-likeness (QED) is 0.856. The maximum atomic E-state index is 10.3. The van der Waals surface area contributed by atoms with Gasteiger partial charge in [0.2, 0.25) is 0 Å². The fraction of sp³-hybridized carbons (Fsp3) is 0.429. The zero-order valence-electron chi connectivity index (χ0n) is 14.1. The predicted octanol–water partition coefficient (Wildman–Crippen LogP) is 3.35. The van der Waals surface area contributed by atoms with Crippen LogP contribution in [-0.4, -0.2) is 33.4 Å². The van der Waals surface area contributed by atoms with Gasteiger partial charge in [0.15, 0.2) is 0 Å². The molecule has 24 heavy (non-hydrogen) atoms. The Balaban J connectivity index is 1.72. The molecule has 2 N–H and O–H groups in total. The largest absolute Gasteiger partial charge is 0.393 e. The first kappa shape index (κ1) is 17.2. The monoisotopic (exact) mass is 325 g/mol. The van der Waals surface area contributed by atoms with E-state index in [1.54, 1.807) is 0 Å². The van der Waals surface area contributed by atoms with E-state index in [0.717, 1.165) is 25.9 Å². The van der Waals surface area contributed by atoms with E-state index < -0.39 is 5.60 Å². The zero-order chi connectivity index (χ0) is 16.8. The summed E-state index contributed by atoms with van der Waals surface area (Å²) in [5.41, 5.74) is 1.76. The van der Waals surface area contributed by atoms with Crippen molar-refractivity contribution in [2.45, 2.75) is 50.4 Å². The third kappa shape index (κ3) is 4.44. The smallest absolute Gasteiger partial charge is 0.0878 e. The highest BCUT2D eigenvalue weighted by Crippen LogP contribution is 2.32. The summed E-state index contributed by atoms with van der Waals surface area (Å²) in [5, 5.41) is 19.7. The fourth-order valence-electron chi connectivity index (χ4n) is 3.61. The van der Waals surface area contributed by atoms with Crippen LogP contribution in [0.25, 0.3) is 0 Å². The van der Waals surface area contributed by atoms with Gasteiger partial charge in [0.25, 0.3) is 0 Å². The van der Waals surface area contributed by atoms with Crippen molar-refractivity contribution >= 4 is 0 Å². The maximum absolute atomic E-state index is 10.3. The molecule has 3 heteroatoms. The van der Waals surface area contributed by atoms with Gasteiger partial charge in [0.05, 0.1) is 12.2 Å². The molecular formula is C21H27NO2. The Morgan fingerprint density at radius 3 is 1.71 bits per heavy atom. The third-order valence-electron chi connectivity index (χ3n) is 5.15. The zero-order valence-corrected chi connectivity index (χ0v) is 14.1. The highest BCUT2D eigenvalue weighted by Gasteiger charge is 2.34. The van der Waals surface area contributed by atoms with E-state index in [4.69, 9.17) is 0 Å². The van der Waals surface area contributed by atoms with Crippen molar-refractivity contribution in [3.05, 3.63) is 71.8 Å². The van der Waals surface area contributed by atoms with Crippen molar-refractivity contribution in [2.24, 2.45) is 0 Å². The number of hydrogen-bond donors (Lipinski definition) is 2. The van der Waals surface area contributed by atoms with Gasteiger partial charge >= 0.3 is 0 Å². The molecule has 1 saturated carbocycles. The van der Waals surface area contributed by atoms with Crippen LogP contribution in [0.1, 0.15) is 36.8 Å². The standard InChI is InChI=1S/C21H27NO2/c23-17-21(24)13-11-20(12-14-21)22(15-18-7-3-1-4-8-18)16-19-9-5-2-6-10-19/h1-10,20,23-24H,11-17H2. The lowest BCUT2D eigenvalue weighted by Gasteiger charge is -2.40. The van der Waals surface area contributed by atoms with Gasteiger partial charge in [-0.1, -0.05) is 60.7 Å². The van der Waals surface area contributed by atoms with Crippen LogP contribution in [0.2, 0.25) is 0 Å². The lowest BCUT2D eigenvalue weighted by molar-refractivity contribution is -0.0597. The van der Waals surface area contributed by atoms with Crippen LogP contribution in [0.4, 0.5) is 0 Å². The average molecular weight is 325 g/mol. The molecule has 0 bridgehead atoms. The number of benzene rings is 2. The van der Waals surface area contributed by atoms with Gasteiger partial charge in [-0.05, 0) is 36.8 Å². The minimum absolute atomic E-state index is 0.128. The molecule has 0 saturated heterocycles. The Labute approximate surface area is 144 Å². The van der Waals surface area contributed by atoms with Crippen molar-refractivity contribution in [3.8, 4) is 0 Å². The van der Waals surface area contributed by atoms with Crippen LogP contribution in [0.5, 0.6) is 0 Å². The first-order chi connectivity index (χ1) is 11.7. The number of aliphatic hydroxyl groups excluding tert-OH is 1. The molecule has 0 heterocycles. The molecule has 1 aliphatic carbocycles. The van der Waals surface area contributed by atoms with Crippen LogP contribution in [-0.2, 0) is 13.1 Å². The molecule has 0 amide bonds. The minimum atomic E-state index is -0.873. The molecule has 0 radical (unpaired) electrons. The molecular weight excluding hydrogens is 298 g/mol. The van der Waals surface area contributed by atoms with Crippen molar-refractivity contribution in [1.82, 2.24) is 4.90 Å². The summed E-state index contributed by atoms with van der Waals surface area (Å²) in [6, 6.07) is 21.6. The lowest BCUT2D eigenvalue weighted by Crippen LogP contribution is -2.44. The van der Waals surface area contributed by atoms with Crippen LogP contribution >= 0.6 is 0 Å². The second kappa shape index (κ2) is 7.93. The van der Waals surface area contributed by atoms with Gasteiger partial charge in [-0.2, -0.15) is 0 Å². The van der Waals surface area contributed by atoms with Gasteiger partial charge in [0, 0.05) is 19.1 Å². The van der Waals surface area contributed by atoms with Crippen molar-refractivity contribution < 1.29 is 10.2 Å². The molecule has 0 atom stereocenters. The summed E-state index contributed by atoms with van der Waals surface area (Å²) >= 11 is 0. The van der Waals surface area contributed by atoms with E-state index in [2.05, 4.69) is 53.4 Å². The van der Waals surface area contributed by atoms with E-state index in [1.807, 2.05) is 12.1 Å². The maximum Gasteiger partial charge on any atom is 0.0878 e. The number of rotatable bonds is 6. The van der Waals surface area contributed by atoms with Gasteiger partial charge in [-0.15, -0.1) is 0 Å². The molecule has 3 rings (SSSR count). The molecule has 0 spiro atoms. The summed E-state index contributed by atoms with van der Waals surface area (Å²) in [6.45, 7) is 1.70. The summed E-state index contributed by atoms with van der Waals surface area (Å²) in [6.07, 6.45) is 3.20. The highest BCUT2D eigenvalue weighted by atomic mass is 16.3. The summed E-state index contributed by atoms with van der Waals surface area (Å²) < 4.78 is 0. The van der Waals surface area contributed by atoms with Crippen LogP contribution in [0.3, 0.4) is 0 Å². The van der Waals surface area contributed by atoms with E-state index in [-0.39, 0.29) is 6.61 Å². The van der Waals surface area contributed by atoms with E-state index in [1.165, 1.54) is 11.1 Å². The van der Waals surface area contributed by atoms with Crippen LogP contribution < -0.4 is 0 Å². The topological polar surface area (TPSA) is 43.7 Å². The first-order valence-corrected chi connectivity index (χ1v) is 8.84. The average Bonchev–Trinajstić information content (AvgIpc) is 2.64. The Hall–Kier alpha value is -1.68. The molecule has 0 aliphatic heterocycles. The van der Waals surface area contributed by atoms with Crippen LogP contribution in [0, 0.1) is 0 Å². The fourth-order valence-corrected chi connectivity index (χ4v) is 3.61. The summed E-state index contributed by atoms with van der Waals surface area (Å²) in [5.74, 6) is 0. The Bertz CT molecular complexity index is 565. The highest BCUT2D eigenvalue weighted by molar-refractivity contribution is 5.17. The number of hydrogen-bond acceptors (Lipinski definition) is 3. The molecule has 3 nitrogen and oxygen atoms in total. The van der Waals surface area contributed by atoms with Crippen molar-refractivity contribution in [3.63, 3.8) is 0 Å². The van der Waals surface area contributed by atoms with Crippen LogP contribution in [0.15, 0.2) is 60.7 Å². The molecule has 2 aromatic rings. The lowest BCUT2D eigenvalue weighted by atomic mass is 9.82. The van der Waals surface area contributed by atoms with Crippen molar-refractivity contribution in [2.75, 3.05) is 6.61 Å². The van der Waals surface area contributed by atoms with Gasteiger partial charge < -0.3 is 10.2 Å². The number of aliphatic hydroxyl groups is 2. The van der Waals surface area contributed by atoms with Gasteiger partial charge in [0.1, 0.15) is 0 Å². The third-order valence-corrected chi connectivity index (χ3v) is 5.15. The van der Waals surface area contributed by atoms with E-state index in [9.17, 15) is 10.2 Å². The predicted molar refractivity (Wildman–Crippen MR) is 96.4 cm³/mol. The molecule has 1 fully saturated rings. The normalized spacial score (nSPS) is 24.2. The first-order valence-electron chi connectivity index (χ1n) is 8.84. The van der Waals surface area contributed by atoms with Crippen molar-refractivity contribution in [1.29, 1.82) is 0 Å². The van der Waals surface area contributed by atoms with E-state index >= 15 is 0 Å². The van der Waals surface area contributed by atoms with Gasteiger partial charge in [-0.3, -0.25) is 4.90 Å². The van der Waals surface area contributed by atoms with E-state index in [0.29, 0.717) is 18.9 Å². The molecule has 1 aliphatic rings. The minimum Gasteiger partial charge on any atom is -0.393 e. The Morgan fingerprint density at radius 1 is 0.833 bits per heavy atom. The summed E-state index contributed by atoms with van der Waals surface area (Å²) in [4.78, 5) is 2.52. The second-order valence-electron chi connectivity index (χ2n) is 6.99. The Morgan fingerprint density at radius 2 is 1.29 bits per heavy atom. The second-order valence-corrected chi connectivity index (χ2v) is 6.99.